The van der Waals surface area contributed by atoms with E-state index < -0.39 is 0 Å². The summed E-state index contributed by atoms with van der Waals surface area (Å²) in [5, 5.41) is 3.09. The lowest BCUT2D eigenvalue weighted by Crippen LogP contribution is -2.49. The molecule has 3 heterocycles. The Hall–Kier alpha value is -3.16. The second kappa shape index (κ2) is 10.9. The molecule has 202 valence electrons. The monoisotopic (exact) mass is 517 g/mol. The fraction of sp³-hybridized carbons (Fsp3) is 0.600. The normalized spacial score (nSPS) is 26.1. The minimum Gasteiger partial charge on any atom is -0.497 e. The number of Topliss-reactive ketones (excluding diaryl/α,β-unsaturated/α-hetero) is 1. The first-order chi connectivity index (χ1) is 18.6. The number of nitrogens with zero attached hydrogens (tertiary/aromatic N) is 4. The molecule has 0 radical (unpaired) electrons. The molecule has 0 spiro atoms. The molecular weight excluding hydrogens is 478 g/mol. The summed E-state index contributed by atoms with van der Waals surface area (Å²) < 4.78 is 5.36. The van der Waals surface area contributed by atoms with Crippen LogP contribution < -0.4 is 15.0 Å². The number of carbonyl (C=O) groups is 2. The second-order valence-corrected chi connectivity index (χ2v) is 11.6. The van der Waals surface area contributed by atoms with Gasteiger partial charge in [0.1, 0.15) is 23.6 Å². The van der Waals surface area contributed by atoms with E-state index in [-0.39, 0.29) is 23.8 Å². The van der Waals surface area contributed by atoms with Crippen LogP contribution in [0.4, 0.5) is 16.3 Å². The maximum absolute atomic E-state index is 13.4. The highest BCUT2D eigenvalue weighted by atomic mass is 16.5. The SMILES string of the molecule is COc1ccc2c(c1)CCN(C1CCN(c3cc(C(=O)C4CC[C@H]5CCCC[C@@H]5C4)ncn3)CC1)C(=O)N2. The van der Waals surface area contributed by atoms with Crippen LogP contribution in [0.3, 0.4) is 0 Å². The van der Waals surface area contributed by atoms with Crippen molar-refractivity contribution < 1.29 is 14.3 Å². The molecule has 0 bridgehead atoms. The molecule has 2 amide bonds. The number of nitrogens with one attached hydrogen (secondary N) is 1. The van der Waals surface area contributed by atoms with Crippen LogP contribution in [0.15, 0.2) is 30.6 Å². The number of ether oxygens (including phenoxy) is 1. The summed E-state index contributed by atoms with van der Waals surface area (Å²) in [6.07, 6.45) is 12.6. The standard InChI is InChI=1S/C30H39N5O3/c1-38-25-8-9-26-22(17-25)10-15-35(30(37)33-26)24-11-13-34(14-12-24)28-18-27(31-19-32-28)29(36)23-7-6-20-4-2-3-5-21(20)16-23/h8-9,17-21,23-24H,2-7,10-16H2,1H3,(H,33,37)/t20-,21-,23?/m1/s1. The van der Waals surface area contributed by atoms with E-state index in [2.05, 4.69) is 20.2 Å². The Balaban J connectivity index is 1.07. The van der Waals surface area contributed by atoms with Crippen molar-refractivity contribution in [1.82, 2.24) is 14.9 Å². The van der Waals surface area contributed by atoms with Gasteiger partial charge in [-0.15, -0.1) is 0 Å². The number of fused-ring (bicyclic) bond motifs is 2. The summed E-state index contributed by atoms with van der Waals surface area (Å²) in [5.74, 6) is 3.49. The lowest BCUT2D eigenvalue weighted by atomic mass is 9.66. The number of amides is 2. The molecule has 2 aromatic rings. The summed E-state index contributed by atoms with van der Waals surface area (Å²) in [6.45, 7) is 2.28. The molecule has 8 heteroatoms. The Morgan fingerprint density at radius 1 is 0.974 bits per heavy atom. The maximum Gasteiger partial charge on any atom is 0.322 e. The zero-order chi connectivity index (χ0) is 26.1. The van der Waals surface area contributed by atoms with Crippen molar-refractivity contribution in [3.63, 3.8) is 0 Å². The molecule has 4 aliphatic rings. The molecule has 8 nitrogen and oxygen atoms in total. The van der Waals surface area contributed by atoms with Gasteiger partial charge in [0, 0.05) is 43.3 Å². The van der Waals surface area contributed by atoms with E-state index in [9.17, 15) is 9.59 Å². The summed E-state index contributed by atoms with van der Waals surface area (Å²) in [7, 11) is 1.66. The number of urea groups is 1. The number of anilines is 2. The second-order valence-electron chi connectivity index (χ2n) is 11.6. The van der Waals surface area contributed by atoms with Gasteiger partial charge in [-0.05, 0) is 74.1 Å². The van der Waals surface area contributed by atoms with Crippen molar-refractivity contribution in [2.75, 3.05) is 37.0 Å². The largest absolute Gasteiger partial charge is 0.497 e. The summed E-state index contributed by atoms with van der Waals surface area (Å²) in [5.41, 5.74) is 2.54. The van der Waals surface area contributed by atoms with Crippen LogP contribution in [0.1, 0.15) is 73.8 Å². The minimum atomic E-state index is -0.0324. The van der Waals surface area contributed by atoms with Gasteiger partial charge in [-0.2, -0.15) is 0 Å². The third kappa shape index (κ3) is 5.09. The number of hydrogen-bond acceptors (Lipinski definition) is 6. The van der Waals surface area contributed by atoms with Crippen molar-refractivity contribution >= 4 is 23.3 Å². The predicted octanol–water partition coefficient (Wildman–Crippen LogP) is 5.33. The molecule has 1 saturated heterocycles. The fourth-order valence-electron chi connectivity index (χ4n) is 7.29. The van der Waals surface area contributed by atoms with Crippen LogP contribution in [0.5, 0.6) is 5.75 Å². The lowest BCUT2D eigenvalue weighted by molar-refractivity contribution is 0.0758. The highest BCUT2D eigenvalue weighted by Crippen LogP contribution is 2.43. The number of hydrogen-bond donors (Lipinski definition) is 1. The van der Waals surface area contributed by atoms with E-state index in [1.165, 1.54) is 32.1 Å². The Morgan fingerprint density at radius 2 is 1.79 bits per heavy atom. The van der Waals surface area contributed by atoms with Gasteiger partial charge in [-0.25, -0.2) is 14.8 Å². The van der Waals surface area contributed by atoms with Crippen molar-refractivity contribution in [3.8, 4) is 5.75 Å². The third-order valence-electron chi connectivity index (χ3n) is 9.48. The van der Waals surface area contributed by atoms with E-state index in [1.54, 1.807) is 13.4 Å². The van der Waals surface area contributed by atoms with Crippen molar-refractivity contribution in [2.45, 2.75) is 70.3 Å². The van der Waals surface area contributed by atoms with Crippen LogP contribution >= 0.6 is 0 Å². The van der Waals surface area contributed by atoms with Gasteiger partial charge >= 0.3 is 6.03 Å². The quantitative estimate of drug-likeness (QED) is 0.539. The molecule has 2 aliphatic carbocycles. The van der Waals surface area contributed by atoms with Gasteiger partial charge in [0.2, 0.25) is 0 Å². The Bertz CT molecular complexity index is 1180. The fourth-order valence-corrected chi connectivity index (χ4v) is 7.29. The number of aromatic nitrogens is 2. The van der Waals surface area contributed by atoms with E-state index in [1.807, 2.05) is 29.2 Å². The average molecular weight is 518 g/mol. The summed E-state index contributed by atoms with van der Waals surface area (Å²) >= 11 is 0. The van der Waals surface area contributed by atoms with Gasteiger partial charge in [-0.3, -0.25) is 4.79 Å². The van der Waals surface area contributed by atoms with Gasteiger partial charge in [0.15, 0.2) is 5.78 Å². The van der Waals surface area contributed by atoms with Crippen LogP contribution in [0.25, 0.3) is 0 Å². The average Bonchev–Trinajstić information content (AvgIpc) is 3.14. The molecule has 1 aromatic carbocycles. The first kappa shape index (κ1) is 25.1. The number of benzene rings is 1. The first-order valence-electron chi connectivity index (χ1n) is 14.4. The number of methoxy groups -OCH3 is 1. The molecule has 1 unspecified atom stereocenters. The molecular formula is C30H39N5O3. The third-order valence-corrected chi connectivity index (χ3v) is 9.48. The predicted molar refractivity (Wildman–Crippen MR) is 147 cm³/mol. The van der Waals surface area contributed by atoms with Crippen LogP contribution in [-0.4, -0.2) is 59.5 Å². The van der Waals surface area contributed by atoms with Crippen molar-refractivity contribution in [1.29, 1.82) is 0 Å². The number of rotatable bonds is 5. The first-order valence-corrected chi connectivity index (χ1v) is 14.4. The topological polar surface area (TPSA) is 87.7 Å². The molecule has 38 heavy (non-hydrogen) atoms. The van der Waals surface area contributed by atoms with Crippen molar-refractivity contribution in [3.05, 3.63) is 41.9 Å². The van der Waals surface area contributed by atoms with Crippen molar-refractivity contribution in [2.24, 2.45) is 17.8 Å². The highest BCUT2D eigenvalue weighted by Gasteiger charge is 2.36. The summed E-state index contributed by atoms with van der Waals surface area (Å²) in [4.78, 5) is 39.6. The van der Waals surface area contributed by atoms with E-state index in [4.69, 9.17) is 4.74 Å². The van der Waals surface area contributed by atoms with E-state index >= 15 is 0 Å². The Kier molecular flexibility index (Phi) is 7.22. The molecule has 2 aliphatic heterocycles. The van der Waals surface area contributed by atoms with Gasteiger partial charge in [-0.1, -0.05) is 25.7 Å². The zero-order valence-corrected chi connectivity index (χ0v) is 22.4. The molecule has 2 saturated carbocycles. The van der Waals surface area contributed by atoms with E-state index in [0.717, 1.165) is 79.8 Å². The zero-order valence-electron chi connectivity index (χ0n) is 22.4. The lowest BCUT2D eigenvalue weighted by Gasteiger charge is -2.39. The number of carbonyl (C=O) groups excluding carboxylic acids is 2. The van der Waals surface area contributed by atoms with Crippen LogP contribution in [-0.2, 0) is 6.42 Å². The highest BCUT2D eigenvalue weighted by molar-refractivity contribution is 5.96. The Morgan fingerprint density at radius 3 is 2.61 bits per heavy atom. The smallest absolute Gasteiger partial charge is 0.322 e. The molecule has 1 aromatic heterocycles. The molecule has 1 N–H and O–H groups in total. The van der Waals surface area contributed by atoms with Gasteiger partial charge in [0.25, 0.3) is 0 Å². The van der Waals surface area contributed by atoms with Crippen LogP contribution in [0.2, 0.25) is 0 Å². The maximum atomic E-state index is 13.4. The number of piperidine rings is 1. The molecule has 6 rings (SSSR count). The molecule has 3 atom stereocenters. The molecule has 3 fully saturated rings. The Labute approximate surface area is 225 Å². The number of ketones is 1. The van der Waals surface area contributed by atoms with Gasteiger partial charge in [0.05, 0.1) is 7.11 Å². The van der Waals surface area contributed by atoms with Crippen LogP contribution in [0, 0.1) is 17.8 Å². The van der Waals surface area contributed by atoms with Gasteiger partial charge < -0.3 is 19.9 Å². The van der Waals surface area contributed by atoms with E-state index in [0.29, 0.717) is 12.2 Å². The summed E-state index contributed by atoms with van der Waals surface area (Å²) in [6, 6.07) is 7.86. The minimum absolute atomic E-state index is 0.0324.